The molecule has 0 spiro atoms. The summed E-state index contributed by atoms with van der Waals surface area (Å²) >= 11 is 3.46. The van der Waals surface area contributed by atoms with Crippen molar-refractivity contribution < 1.29 is 4.79 Å². The number of amides is 1. The van der Waals surface area contributed by atoms with Crippen molar-refractivity contribution in [3.05, 3.63) is 57.7 Å². The number of thiophene rings is 1. The summed E-state index contributed by atoms with van der Waals surface area (Å²) in [6.07, 6.45) is 0. The number of carbonyl (C=O) groups excluding carboxylic acids is 1. The summed E-state index contributed by atoms with van der Waals surface area (Å²) in [5.74, 6) is 0.0586. The van der Waals surface area contributed by atoms with Gasteiger partial charge in [0.1, 0.15) is 5.01 Å². The molecule has 0 unspecified atom stereocenters. The van der Waals surface area contributed by atoms with Crippen LogP contribution in [-0.2, 0) is 11.3 Å². The average Bonchev–Trinajstić information content (AvgIpc) is 3.37. The zero-order valence-corrected chi connectivity index (χ0v) is 17.6. The third-order valence-electron chi connectivity index (χ3n) is 4.94. The fourth-order valence-corrected chi connectivity index (χ4v) is 4.92. The first-order valence-corrected chi connectivity index (χ1v) is 11.2. The van der Waals surface area contributed by atoms with Crippen LogP contribution in [0.2, 0.25) is 0 Å². The molecule has 3 aromatic rings. The van der Waals surface area contributed by atoms with Gasteiger partial charge >= 0.3 is 0 Å². The Bertz CT molecular complexity index is 914. The minimum absolute atomic E-state index is 0.0586. The van der Waals surface area contributed by atoms with Crippen LogP contribution in [-0.4, -0.2) is 53.4 Å². The molecule has 28 heavy (non-hydrogen) atoms. The number of nitrogens with zero attached hydrogens (tertiary/aromatic N) is 3. The SMILES string of the molecule is Cc1ccccc1NC(=O)CN1CCN(Cc2nc(-c3cccs3)cs2)CC1. The van der Waals surface area contributed by atoms with Gasteiger partial charge in [-0.25, -0.2) is 4.98 Å². The summed E-state index contributed by atoms with van der Waals surface area (Å²) in [6, 6.07) is 12.1. The maximum Gasteiger partial charge on any atom is 0.238 e. The topological polar surface area (TPSA) is 48.5 Å². The molecule has 3 heterocycles. The number of rotatable bonds is 6. The van der Waals surface area contributed by atoms with E-state index in [0.29, 0.717) is 6.54 Å². The lowest BCUT2D eigenvalue weighted by molar-refractivity contribution is -0.117. The van der Waals surface area contributed by atoms with E-state index in [1.165, 1.54) is 4.88 Å². The van der Waals surface area contributed by atoms with Crippen molar-refractivity contribution in [2.24, 2.45) is 0 Å². The number of hydrogen-bond donors (Lipinski definition) is 1. The van der Waals surface area contributed by atoms with Gasteiger partial charge in [-0.1, -0.05) is 24.3 Å². The number of thiazole rings is 1. The lowest BCUT2D eigenvalue weighted by atomic mass is 10.2. The van der Waals surface area contributed by atoms with Crippen molar-refractivity contribution in [3.8, 4) is 10.6 Å². The molecule has 146 valence electrons. The van der Waals surface area contributed by atoms with E-state index in [-0.39, 0.29) is 5.91 Å². The average molecular weight is 413 g/mol. The number of benzene rings is 1. The van der Waals surface area contributed by atoms with Crippen LogP contribution in [0.4, 0.5) is 5.69 Å². The number of nitrogens with one attached hydrogen (secondary N) is 1. The highest BCUT2D eigenvalue weighted by Crippen LogP contribution is 2.26. The number of anilines is 1. The summed E-state index contributed by atoms with van der Waals surface area (Å²) in [4.78, 5) is 23.0. The minimum atomic E-state index is 0.0586. The Labute approximate surface area is 173 Å². The van der Waals surface area contributed by atoms with Gasteiger partial charge in [0.2, 0.25) is 5.91 Å². The Kier molecular flexibility index (Phi) is 6.17. The van der Waals surface area contributed by atoms with Crippen molar-refractivity contribution in [2.45, 2.75) is 13.5 Å². The summed E-state index contributed by atoms with van der Waals surface area (Å²) in [5.41, 5.74) is 3.07. The predicted octanol–water partition coefficient (Wildman–Crippen LogP) is 3.94. The van der Waals surface area contributed by atoms with E-state index in [4.69, 9.17) is 4.98 Å². The first-order valence-electron chi connectivity index (χ1n) is 9.46. The van der Waals surface area contributed by atoms with Crippen molar-refractivity contribution in [1.29, 1.82) is 0 Å². The largest absolute Gasteiger partial charge is 0.325 e. The van der Waals surface area contributed by atoms with Crippen LogP contribution in [0.15, 0.2) is 47.2 Å². The quantitative estimate of drug-likeness (QED) is 0.666. The van der Waals surface area contributed by atoms with Gasteiger partial charge in [0.15, 0.2) is 0 Å². The molecule has 0 saturated carbocycles. The third-order valence-corrected chi connectivity index (χ3v) is 6.66. The molecule has 5 nitrogen and oxygen atoms in total. The van der Waals surface area contributed by atoms with E-state index >= 15 is 0 Å². The predicted molar refractivity (Wildman–Crippen MR) is 117 cm³/mol. The maximum absolute atomic E-state index is 12.3. The number of aryl methyl sites for hydroxylation is 1. The van der Waals surface area contributed by atoms with Crippen LogP contribution in [0.5, 0.6) is 0 Å². The molecule has 0 radical (unpaired) electrons. The number of aromatic nitrogens is 1. The Morgan fingerprint density at radius 1 is 1.07 bits per heavy atom. The van der Waals surface area contributed by atoms with Crippen LogP contribution in [0.1, 0.15) is 10.6 Å². The number of para-hydroxylation sites is 1. The van der Waals surface area contributed by atoms with Gasteiger partial charge in [-0.05, 0) is 30.0 Å². The molecule has 0 aliphatic carbocycles. The molecular weight excluding hydrogens is 388 g/mol. The standard InChI is InChI=1S/C21H24N4OS2/c1-16-5-2-3-6-17(16)22-20(26)13-24-8-10-25(11-9-24)14-21-23-18(15-28-21)19-7-4-12-27-19/h2-7,12,15H,8-11,13-14H2,1H3,(H,22,26). The molecule has 4 rings (SSSR count). The third kappa shape index (κ3) is 4.86. The number of carbonyl (C=O) groups is 1. The van der Waals surface area contributed by atoms with Crippen molar-refractivity contribution in [2.75, 3.05) is 38.0 Å². The summed E-state index contributed by atoms with van der Waals surface area (Å²) in [5, 5.41) is 8.42. The molecule has 1 fully saturated rings. The maximum atomic E-state index is 12.3. The second-order valence-electron chi connectivity index (χ2n) is 7.02. The van der Waals surface area contributed by atoms with E-state index < -0.39 is 0 Å². The fourth-order valence-electron chi connectivity index (χ4n) is 3.32. The number of piperazine rings is 1. The zero-order valence-electron chi connectivity index (χ0n) is 15.9. The summed E-state index contributed by atoms with van der Waals surface area (Å²) in [7, 11) is 0. The molecule has 2 aromatic heterocycles. The van der Waals surface area contributed by atoms with Gasteiger partial charge in [0.05, 0.1) is 23.7 Å². The normalized spacial score (nSPS) is 15.6. The highest BCUT2D eigenvalue weighted by Gasteiger charge is 2.20. The van der Waals surface area contributed by atoms with Crippen molar-refractivity contribution in [3.63, 3.8) is 0 Å². The zero-order chi connectivity index (χ0) is 19.3. The first kappa shape index (κ1) is 19.3. The first-order chi connectivity index (χ1) is 13.7. The second kappa shape index (κ2) is 8.96. The molecule has 1 aliphatic heterocycles. The Hall–Kier alpha value is -2.06. The molecule has 0 bridgehead atoms. The van der Waals surface area contributed by atoms with Gasteiger partial charge in [-0.2, -0.15) is 0 Å². The Morgan fingerprint density at radius 2 is 1.86 bits per heavy atom. The van der Waals surface area contributed by atoms with E-state index in [0.717, 1.165) is 54.7 Å². The summed E-state index contributed by atoms with van der Waals surface area (Å²) in [6.45, 7) is 7.09. The van der Waals surface area contributed by atoms with Crippen LogP contribution >= 0.6 is 22.7 Å². The van der Waals surface area contributed by atoms with Crippen molar-refractivity contribution in [1.82, 2.24) is 14.8 Å². The molecule has 0 atom stereocenters. The molecule has 7 heteroatoms. The van der Waals surface area contributed by atoms with E-state index in [1.807, 2.05) is 31.2 Å². The van der Waals surface area contributed by atoms with Crippen LogP contribution in [0, 0.1) is 6.92 Å². The molecular formula is C21H24N4OS2. The van der Waals surface area contributed by atoms with Crippen LogP contribution in [0.3, 0.4) is 0 Å². The highest BCUT2D eigenvalue weighted by molar-refractivity contribution is 7.14. The summed E-state index contributed by atoms with van der Waals surface area (Å²) < 4.78 is 0. The molecule has 1 N–H and O–H groups in total. The molecule has 1 aromatic carbocycles. The minimum Gasteiger partial charge on any atom is -0.325 e. The van der Waals surface area contributed by atoms with E-state index in [2.05, 4.69) is 38.0 Å². The monoisotopic (exact) mass is 412 g/mol. The highest BCUT2D eigenvalue weighted by atomic mass is 32.1. The lowest BCUT2D eigenvalue weighted by Gasteiger charge is -2.33. The van der Waals surface area contributed by atoms with Crippen molar-refractivity contribution >= 4 is 34.3 Å². The molecule has 1 saturated heterocycles. The second-order valence-corrected chi connectivity index (χ2v) is 8.91. The van der Waals surface area contributed by atoms with E-state index in [9.17, 15) is 4.79 Å². The Balaban J connectivity index is 1.23. The van der Waals surface area contributed by atoms with Crippen LogP contribution < -0.4 is 5.32 Å². The van der Waals surface area contributed by atoms with Gasteiger partial charge in [0, 0.05) is 37.2 Å². The molecule has 1 amide bonds. The van der Waals surface area contributed by atoms with Gasteiger partial charge in [-0.15, -0.1) is 22.7 Å². The Morgan fingerprint density at radius 3 is 2.61 bits per heavy atom. The molecule has 1 aliphatic rings. The smallest absolute Gasteiger partial charge is 0.238 e. The fraction of sp³-hybridized carbons (Fsp3) is 0.333. The van der Waals surface area contributed by atoms with Gasteiger partial charge < -0.3 is 5.32 Å². The lowest BCUT2D eigenvalue weighted by Crippen LogP contribution is -2.48. The van der Waals surface area contributed by atoms with E-state index in [1.54, 1.807) is 22.7 Å². The van der Waals surface area contributed by atoms with Gasteiger partial charge in [-0.3, -0.25) is 14.6 Å². The van der Waals surface area contributed by atoms with Crippen LogP contribution in [0.25, 0.3) is 10.6 Å². The van der Waals surface area contributed by atoms with Gasteiger partial charge in [0.25, 0.3) is 0 Å². The number of hydrogen-bond acceptors (Lipinski definition) is 6.